The monoisotopic (exact) mass is 278 g/mol. The van der Waals surface area contributed by atoms with Gasteiger partial charge in [-0.25, -0.2) is 0 Å². The van der Waals surface area contributed by atoms with Gasteiger partial charge in [0.05, 0.1) is 5.70 Å². The lowest BCUT2D eigenvalue weighted by Gasteiger charge is -2.07. The van der Waals surface area contributed by atoms with Crippen LogP contribution in [0.3, 0.4) is 0 Å². The van der Waals surface area contributed by atoms with Gasteiger partial charge >= 0.3 is 0 Å². The highest BCUT2D eigenvalue weighted by molar-refractivity contribution is 8.00. The van der Waals surface area contributed by atoms with Crippen LogP contribution >= 0.6 is 11.9 Å². The lowest BCUT2D eigenvalue weighted by atomic mass is 10.1. The van der Waals surface area contributed by atoms with Gasteiger partial charge in [-0.2, -0.15) is 4.83 Å². The number of nitrogens with two attached hydrogens (primary N) is 1. The summed E-state index contributed by atoms with van der Waals surface area (Å²) in [7, 11) is 0. The molecule has 0 atom stereocenters. The summed E-state index contributed by atoms with van der Waals surface area (Å²) in [5.41, 5.74) is 12.2. The van der Waals surface area contributed by atoms with Gasteiger partial charge < -0.3 is 16.5 Å². The summed E-state index contributed by atoms with van der Waals surface area (Å²) in [5, 5.41) is 5.54. The molecule has 0 aromatic heterocycles. The van der Waals surface area contributed by atoms with E-state index in [1.165, 1.54) is 24.0 Å². The van der Waals surface area contributed by atoms with Crippen LogP contribution in [0, 0.1) is 0 Å². The number of hydrogen-bond acceptors (Lipinski definition) is 5. The SMILES string of the molecule is NCCCCCNCc1ccc(C2=CSNN2)cc1. The average Bonchev–Trinajstić information content (AvgIpc) is 2.97. The first kappa shape index (κ1) is 14.4. The second-order valence-electron chi connectivity index (χ2n) is 4.60. The van der Waals surface area contributed by atoms with Crippen LogP contribution in [-0.4, -0.2) is 13.1 Å². The summed E-state index contributed by atoms with van der Waals surface area (Å²) in [6.45, 7) is 2.80. The summed E-state index contributed by atoms with van der Waals surface area (Å²) in [6.07, 6.45) is 3.55. The maximum atomic E-state index is 5.46. The molecule has 1 aliphatic rings. The zero-order valence-electron chi connectivity index (χ0n) is 11.1. The molecule has 5 N–H and O–H groups in total. The summed E-state index contributed by atoms with van der Waals surface area (Å²) in [5.74, 6) is 0. The highest BCUT2D eigenvalue weighted by Gasteiger charge is 2.05. The second-order valence-corrected chi connectivity index (χ2v) is 5.28. The predicted molar refractivity (Wildman–Crippen MR) is 82.9 cm³/mol. The molecule has 0 amide bonds. The van der Waals surface area contributed by atoms with E-state index in [9.17, 15) is 0 Å². The zero-order chi connectivity index (χ0) is 13.3. The Balaban J connectivity index is 1.70. The standard InChI is InChI=1S/C14H22N4S/c15-8-2-1-3-9-16-10-12-4-6-13(7-5-12)14-11-19-18-17-14/h4-7,11,16-18H,1-3,8-10,15H2. The summed E-state index contributed by atoms with van der Waals surface area (Å²) < 4.78 is 0. The number of hydrazine groups is 1. The Morgan fingerprint density at radius 1 is 1.11 bits per heavy atom. The van der Waals surface area contributed by atoms with E-state index < -0.39 is 0 Å². The van der Waals surface area contributed by atoms with Gasteiger partial charge in [-0.15, -0.1) is 0 Å². The number of benzene rings is 1. The van der Waals surface area contributed by atoms with Crippen LogP contribution in [0.1, 0.15) is 30.4 Å². The van der Waals surface area contributed by atoms with Gasteiger partial charge in [-0.05, 0) is 49.0 Å². The Kier molecular flexibility index (Phi) is 6.23. The fraction of sp³-hybridized carbons (Fsp3) is 0.429. The molecule has 104 valence electrons. The van der Waals surface area contributed by atoms with E-state index in [4.69, 9.17) is 5.73 Å². The summed E-state index contributed by atoms with van der Waals surface area (Å²) in [4.78, 5) is 3.00. The molecule has 0 saturated carbocycles. The largest absolute Gasteiger partial charge is 0.330 e. The smallest absolute Gasteiger partial charge is 0.0645 e. The highest BCUT2D eigenvalue weighted by Crippen LogP contribution is 2.19. The van der Waals surface area contributed by atoms with Gasteiger partial charge in [0.2, 0.25) is 0 Å². The average molecular weight is 278 g/mol. The van der Waals surface area contributed by atoms with Crippen molar-refractivity contribution in [1.82, 2.24) is 15.6 Å². The number of unbranched alkanes of at least 4 members (excludes halogenated alkanes) is 2. The number of rotatable bonds is 8. The van der Waals surface area contributed by atoms with Crippen molar-refractivity contribution in [2.45, 2.75) is 25.8 Å². The van der Waals surface area contributed by atoms with Gasteiger partial charge in [0.15, 0.2) is 0 Å². The minimum atomic E-state index is 0.804. The molecular formula is C14H22N4S. The van der Waals surface area contributed by atoms with E-state index in [0.29, 0.717) is 0 Å². The first-order valence-electron chi connectivity index (χ1n) is 6.77. The van der Waals surface area contributed by atoms with Crippen LogP contribution in [0.25, 0.3) is 5.70 Å². The predicted octanol–water partition coefficient (Wildman–Crippen LogP) is 1.96. The van der Waals surface area contributed by atoms with Crippen molar-refractivity contribution in [3.63, 3.8) is 0 Å². The Hall–Kier alpha value is -1.01. The molecule has 5 heteroatoms. The van der Waals surface area contributed by atoms with E-state index >= 15 is 0 Å². The van der Waals surface area contributed by atoms with Gasteiger partial charge in [0, 0.05) is 12.0 Å². The summed E-state index contributed by atoms with van der Waals surface area (Å²) >= 11 is 1.56. The van der Waals surface area contributed by atoms with Gasteiger partial charge in [0.1, 0.15) is 0 Å². The molecule has 0 bridgehead atoms. The van der Waals surface area contributed by atoms with Gasteiger partial charge in [0.25, 0.3) is 0 Å². The lowest BCUT2D eigenvalue weighted by Crippen LogP contribution is -2.17. The van der Waals surface area contributed by atoms with Crippen molar-refractivity contribution in [2.75, 3.05) is 13.1 Å². The normalized spacial score (nSPS) is 14.3. The zero-order valence-corrected chi connectivity index (χ0v) is 11.9. The van der Waals surface area contributed by atoms with Gasteiger partial charge in [-0.3, -0.25) is 0 Å². The molecule has 0 radical (unpaired) electrons. The number of nitrogens with one attached hydrogen (secondary N) is 3. The van der Waals surface area contributed by atoms with Crippen molar-refractivity contribution in [1.29, 1.82) is 0 Å². The van der Waals surface area contributed by atoms with E-state index in [1.54, 1.807) is 11.9 Å². The third-order valence-electron chi connectivity index (χ3n) is 3.07. The van der Waals surface area contributed by atoms with Crippen LogP contribution in [-0.2, 0) is 6.54 Å². The fourth-order valence-corrected chi connectivity index (χ4v) is 2.49. The third-order valence-corrected chi connectivity index (χ3v) is 3.65. The molecule has 0 spiro atoms. The van der Waals surface area contributed by atoms with Crippen LogP contribution in [0.2, 0.25) is 0 Å². The van der Waals surface area contributed by atoms with Crippen molar-refractivity contribution in [3.8, 4) is 0 Å². The Morgan fingerprint density at radius 3 is 2.63 bits per heavy atom. The van der Waals surface area contributed by atoms with Crippen LogP contribution in [0.15, 0.2) is 29.7 Å². The van der Waals surface area contributed by atoms with Crippen molar-refractivity contribution < 1.29 is 0 Å². The molecule has 1 aromatic rings. The van der Waals surface area contributed by atoms with E-state index in [2.05, 4.69) is 45.2 Å². The highest BCUT2D eigenvalue weighted by atomic mass is 32.2. The van der Waals surface area contributed by atoms with Crippen molar-refractivity contribution in [2.24, 2.45) is 5.73 Å². The number of hydrogen-bond donors (Lipinski definition) is 4. The van der Waals surface area contributed by atoms with E-state index in [0.717, 1.165) is 31.8 Å². The molecule has 4 nitrogen and oxygen atoms in total. The molecule has 19 heavy (non-hydrogen) atoms. The molecular weight excluding hydrogens is 256 g/mol. The Morgan fingerprint density at radius 2 is 1.95 bits per heavy atom. The van der Waals surface area contributed by atoms with Crippen molar-refractivity contribution in [3.05, 3.63) is 40.8 Å². The third kappa shape index (κ3) is 4.87. The van der Waals surface area contributed by atoms with Gasteiger partial charge in [-0.1, -0.05) is 30.7 Å². The van der Waals surface area contributed by atoms with E-state index in [1.807, 2.05) is 0 Å². The van der Waals surface area contributed by atoms with Crippen LogP contribution in [0.4, 0.5) is 0 Å². The topological polar surface area (TPSA) is 62.1 Å². The maximum Gasteiger partial charge on any atom is 0.0645 e. The van der Waals surface area contributed by atoms with Crippen LogP contribution < -0.4 is 21.3 Å². The minimum absolute atomic E-state index is 0.804. The molecule has 1 aromatic carbocycles. The Labute approximate surface area is 119 Å². The first-order chi connectivity index (χ1) is 9.40. The molecule has 2 rings (SSSR count). The van der Waals surface area contributed by atoms with Crippen LogP contribution in [0.5, 0.6) is 0 Å². The molecule has 1 heterocycles. The molecule has 0 aliphatic carbocycles. The quantitative estimate of drug-likeness (QED) is 0.432. The minimum Gasteiger partial charge on any atom is -0.330 e. The lowest BCUT2D eigenvalue weighted by molar-refractivity contribution is 0.606. The molecule has 1 aliphatic heterocycles. The fourth-order valence-electron chi connectivity index (χ4n) is 1.95. The molecule has 0 unspecified atom stereocenters. The molecule has 0 fully saturated rings. The summed E-state index contributed by atoms with van der Waals surface area (Å²) in [6, 6.07) is 8.65. The Bertz CT molecular complexity index is 402. The van der Waals surface area contributed by atoms with Crippen molar-refractivity contribution >= 4 is 17.6 Å². The maximum absolute atomic E-state index is 5.46. The van der Waals surface area contributed by atoms with E-state index in [-0.39, 0.29) is 0 Å². The first-order valence-corrected chi connectivity index (χ1v) is 7.65. The second kappa shape index (κ2) is 8.22. The molecule has 0 saturated heterocycles.